The van der Waals surface area contributed by atoms with Gasteiger partial charge < -0.3 is 16.2 Å². The quantitative estimate of drug-likeness (QED) is 0.714. The molecule has 106 valence electrons. The van der Waals surface area contributed by atoms with E-state index in [-0.39, 0.29) is 5.56 Å². The maximum absolute atomic E-state index is 11.1. The van der Waals surface area contributed by atoms with Gasteiger partial charge in [-0.1, -0.05) is 5.21 Å². The van der Waals surface area contributed by atoms with E-state index in [1.165, 1.54) is 6.07 Å². The smallest absolute Gasteiger partial charge is 0.336 e. The van der Waals surface area contributed by atoms with E-state index in [0.717, 1.165) is 12.2 Å². The first-order chi connectivity index (χ1) is 9.54. The molecule has 4 N–H and O–H groups in total. The number of benzene rings is 1. The van der Waals surface area contributed by atoms with Crippen LogP contribution < -0.4 is 11.1 Å². The lowest BCUT2D eigenvalue weighted by atomic mass is 10.1. The number of aromatic nitrogens is 3. The Labute approximate surface area is 116 Å². The number of nitrogens with two attached hydrogens (primary N) is 1. The molecule has 0 bridgehead atoms. The second-order valence-electron chi connectivity index (χ2n) is 4.40. The Hall–Kier alpha value is -2.57. The number of nitrogens with one attached hydrogen (secondary N) is 1. The first kappa shape index (κ1) is 13.9. The lowest BCUT2D eigenvalue weighted by molar-refractivity contribution is 0.0696. The van der Waals surface area contributed by atoms with Crippen LogP contribution in [0.15, 0.2) is 18.3 Å². The van der Waals surface area contributed by atoms with Crippen LogP contribution in [0.2, 0.25) is 0 Å². The normalized spacial score (nSPS) is 10.5. The van der Waals surface area contributed by atoms with Gasteiger partial charge in [-0.15, -0.1) is 5.10 Å². The summed E-state index contributed by atoms with van der Waals surface area (Å²) in [5.74, 6) is -0.967. The summed E-state index contributed by atoms with van der Waals surface area (Å²) in [6.45, 7) is 4.91. The van der Waals surface area contributed by atoms with Gasteiger partial charge in [0.05, 0.1) is 35.4 Å². The lowest BCUT2D eigenvalue weighted by Gasteiger charge is -2.14. The molecule has 1 heterocycles. The minimum atomic E-state index is -0.967. The SMILES string of the molecule is CCn1nncc1CNc1c(N)ccc(C(=O)O)c1C. The van der Waals surface area contributed by atoms with Gasteiger partial charge in [-0.2, -0.15) is 0 Å². The van der Waals surface area contributed by atoms with Crippen molar-refractivity contribution in [2.24, 2.45) is 0 Å². The number of hydrogen-bond donors (Lipinski definition) is 3. The first-order valence-corrected chi connectivity index (χ1v) is 6.28. The van der Waals surface area contributed by atoms with Gasteiger partial charge in [-0.25, -0.2) is 9.48 Å². The molecule has 1 aromatic carbocycles. The van der Waals surface area contributed by atoms with Crippen LogP contribution in [0.3, 0.4) is 0 Å². The zero-order chi connectivity index (χ0) is 14.7. The predicted octanol–water partition coefficient (Wildman–Crippen LogP) is 1.50. The molecule has 0 saturated carbocycles. The first-order valence-electron chi connectivity index (χ1n) is 6.28. The van der Waals surface area contributed by atoms with Gasteiger partial charge in [0, 0.05) is 6.54 Å². The summed E-state index contributed by atoms with van der Waals surface area (Å²) in [6, 6.07) is 3.10. The van der Waals surface area contributed by atoms with Crippen molar-refractivity contribution in [2.45, 2.75) is 26.9 Å². The third-order valence-electron chi connectivity index (χ3n) is 3.17. The maximum atomic E-state index is 11.1. The fraction of sp³-hybridized carbons (Fsp3) is 0.308. The number of anilines is 2. The topological polar surface area (TPSA) is 106 Å². The van der Waals surface area contributed by atoms with Crippen molar-refractivity contribution in [2.75, 3.05) is 11.1 Å². The molecular weight excluding hydrogens is 258 g/mol. The summed E-state index contributed by atoms with van der Waals surface area (Å²) in [5.41, 5.74) is 8.82. The Morgan fingerprint density at radius 3 is 2.90 bits per heavy atom. The van der Waals surface area contributed by atoms with Crippen LogP contribution in [-0.4, -0.2) is 26.1 Å². The molecule has 0 atom stereocenters. The number of nitrogen functional groups attached to an aromatic ring is 1. The Bertz CT molecular complexity index is 636. The molecule has 7 nitrogen and oxygen atoms in total. The van der Waals surface area contributed by atoms with Crippen molar-refractivity contribution in [3.63, 3.8) is 0 Å². The van der Waals surface area contributed by atoms with E-state index in [1.54, 1.807) is 23.9 Å². The summed E-state index contributed by atoms with van der Waals surface area (Å²) in [6.07, 6.45) is 1.67. The third kappa shape index (κ3) is 2.56. The summed E-state index contributed by atoms with van der Waals surface area (Å²) in [7, 11) is 0. The monoisotopic (exact) mass is 275 g/mol. The minimum absolute atomic E-state index is 0.240. The Morgan fingerprint density at radius 1 is 1.50 bits per heavy atom. The number of carbonyl (C=O) groups is 1. The van der Waals surface area contributed by atoms with Crippen LogP contribution >= 0.6 is 0 Å². The molecule has 2 aromatic rings. The van der Waals surface area contributed by atoms with E-state index in [1.807, 2.05) is 6.92 Å². The van der Waals surface area contributed by atoms with Crippen LogP contribution in [0.5, 0.6) is 0 Å². The summed E-state index contributed by atoms with van der Waals surface area (Å²) in [4.78, 5) is 11.1. The summed E-state index contributed by atoms with van der Waals surface area (Å²) < 4.78 is 1.76. The van der Waals surface area contributed by atoms with Gasteiger partial charge in [-0.3, -0.25) is 0 Å². The van der Waals surface area contributed by atoms with Crippen molar-refractivity contribution in [1.29, 1.82) is 0 Å². The van der Waals surface area contributed by atoms with Crippen molar-refractivity contribution in [1.82, 2.24) is 15.0 Å². The van der Waals surface area contributed by atoms with E-state index < -0.39 is 5.97 Å². The number of nitrogens with zero attached hydrogens (tertiary/aromatic N) is 3. The lowest BCUT2D eigenvalue weighted by Crippen LogP contribution is -2.11. The van der Waals surface area contributed by atoms with Gasteiger partial charge >= 0.3 is 5.97 Å². The predicted molar refractivity (Wildman–Crippen MR) is 75.6 cm³/mol. The fourth-order valence-electron chi connectivity index (χ4n) is 2.06. The molecule has 0 unspecified atom stereocenters. The van der Waals surface area contributed by atoms with Gasteiger partial charge in [-0.05, 0) is 31.5 Å². The highest BCUT2D eigenvalue weighted by Crippen LogP contribution is 2.26. The fourth-order valence-corrected chi connectivity index (χ4v) is 2.06. The number of aromatic carboxylic acids is 1. The average Bonchev–Trinajstić information content (AvgIpc) is 2.85. The van der Waals surface area contributed by atoms with Crippen molar-refractivity contribution in [3.8, 4) is 0 Å². The highest BCUT2D eigenvalue weighted by Gasteiger charge is 2.13. The molecule has 20 heavy (non-hydrogen) atoms. The summed E-state index contributed by atoms with van der Waals surface area (Å²) in [5, 5.41) is 20.1. The van der Waals surface area contributed by atoms with Crippen LogP contribution in [-0.2, 0) is 13.1 Å². The molecule has 0 spiro atoms. The number of hydrogen-bond acceptors (Lipinski definition) is 5. The van der Waals surface area contributed by atoms with Gasteiger partial charge in [0.25, 0.3) is 0 Å². The molecule has 7 heteroatoms. The standard InChI is InChI=1S/C13H17N5O2/c1-3-18-9(7-16-17-18)6-15-12-8(2)10(13(19)20)4-5-11(12)14/h4-5,7,15H,3,6,14H2,1-2H3,(H,19,20). The van der Waals surface area contributed by atoms with Gasteiger partial charge in [0.15, 0.2) is 0 Å². The van der Waals surface area contributed by atoms with Gasteiger partial charge in [0.2, 0.25) is 0 Å². The average molecular weight is 275 g/mol. The van der Waals surface area contributed by atoms with Crippen LogP contribution in [0, 0.1) is 6.92 Å². The van der Waals surface area contributed by atoms with E-state index in [2.05, 4.69) is 15.6 Å². The Kier molecular flexibility index (Phi) is 3.88. The molecular formula is C13H17N5O2. The number of aryl methyl sites for hydroxylation is 1. The number of carboxylic acids is 1. The molecule has 1 aromatic heterocycles. The molecule has 0 aliphatic heterocycles. The second-order valence-corrected chi connectivity index (χ2v) is 4.40. The van der Waals surface area contributed by atoms with Crippen LogP contribution in [0.4, 0.5) is 11.4 Å². The van der Waals surface area contributed by atoms with E-state index >= 15 is 0 Å². The van der Waals surface area contributed by atoms with Crippen molar-refractivity contribution in [3.05, 3.63) is 35.2 Å². The number of carboxylic acid groups (broad SMARTS) is 1. The zero-order valence-corrected chi connectivity index (χ0v) is 11.4. The van der Waals surface area contributed by atoms with E-state index in [0.29, 0.717) is 23.5 Å². The van der Waals surface area contributed by atoms with E-state index in [9.17, 15) is 4.79 Å². The zero-order valence-electron chi connectivity index (χ0n) is 11.4. The molecule has 0 fully saturated rings. The molecule has 0 saturated heterocycles. The Morgan fingerprint density at radius 2 is 2.25 bits per heavy atom. The maximum Gasteiger partial charge on any atom is 0.336 e. The second kappa shape index (κ2) is 5.60. The van der Waals surface area contributed by atoms with Crippen molar-refractivity contribution >= 4 is 17.3 Å². The molecule has 2 rings (SSSR count). The highest BCUT2D eigenvalue weighted by molar-refractivity contribution is 5.93. The Balaban J connectivity index is 2.25. The molecule has 0 aliphatic carbocycles. The molecule has 0 aliphatic rings. The number of rotatable bonds is 5. The van der Waals surface area contributed by atoms with Crippen molar-refractivity contribution < 1.29 is 9.90 Å². The molecule has 0 amide bonds. The van der Waals surface area contributed by atoms with Crippen LogP contribution in [0.25, 0.3) is 0 Å². The van der Waals surface area contributed by atoms with E-state index in [4.69, 9.17) is 10.8 Å². The third-order valence-corrected chi connectivity index (χ3v) is 3.17. The largest absolute Gasteiger partial charge is 0.478 e. The minimum Gasteiger partial charge on any atom is -0.478 e. The van der Waals surface area contributed by atoms with Gasteiger partial charge in [0.1, 0.15) is 0 Å². The molecule has 0 radical (unpaired) electrons. The van der Waals surface area contributed by atoms with Crippen LogP contribution in [0.1, 0.15) is 28.5 Å². The summed E-state index contributed by atoms with van der Waals surface area (Å²) >= 11 is 0. The highest BCUT2D eigenvalue weighted by atomic mass is 16.4.